The van der Waals surface area contributed by atoms with E-state index in [0.29, 0.717) is 21.2 Å². The molecule has 0 saturated carbocycles. The average molecular weight is 513 g/mol. The van der Waals surface area contributed by atoms with Crippen LogP contribution >= 0.6 is 23.1 Å². The van der Waals surface area contributed by atoms with Crippen molar-refractivity contribution in [1.29, 1.82) is 0 Å². The second kappa shape index (κ2) is 9.09. The zero-order valence-corrected chi connectivity index (χ0v) is 20.5. The number of anilines is 1. The van der Waals surface area contributed by atoms with E-state index in [0.717, 1.165) is 28.7 Å². The van der Waals surface area contributed by atoms with Crippen LogP contribution in [0.2, 0.25) is 0 Å². The van der Waals surface area contributed by atoms with Gasteiger partial charge in [-0.1, -0.05) is 52.9 Å². The summed E-state index contributed by atoms with van der Waals surface area (Å²) in [6, 6.07) is 12.9. The molecule has 0 aliphatic carbocycles. The fourth-order valence-electron chi connectivity index (χ4n) is 4.57. The zero-order chi connectivity index (χ0) is 24.9. The third-order valence-electron chi connectivity index (χ3n) is 6.16. The number of fused-ring (bicyclic) bond motifs is 2. The monoisotopic (exact) mass is 512 g/mol. The number of esters is 1. The van der Waals surface area contributed by atoms with Crippen LogP contribution in [-0.4, -0.2) is 34.2 Å². The summed E-state index contributed by atoms with van der Waals surface area (Å²) < 4.78 is 20.0. The predicted octanol–water partition coefficient (Wildman–Crippen LogP) is 3.72. The van der Waals surface area contributed by atoms with Gasteiger partial charge in [0.1, 0.15) is 17.6 Å². The Labute approximate surface area is 208 Å². The lowest BCUT2D eigenvalue weighted by atomic mass is 9.83. The Morgan fingerprint density at radius 2 is 1.71 bits per heavy atom. The van der Waals surface area contributed by atoms with Crippen LogP contribution < -0.4 is 9.77 Å². The quantitative estimate of drug-likeness (QED) is 0.383. The predicted molar refractivity (Wildman–Crippen MR) is 130 cm³/mol. The Bertz CT molecular complexity index is 1380. The number of rotatable bonds is 5. The molecule has 2 aliphatic heterocycles. The molecule has 1 saturated heterocycles. The number of halogens is 1. The van der Waals surface area contributed by atoms with E-state index in [2.05, 4.69) is 0 Å². The molecule has 3 aromatic rings. The van der Waals surface area contributed by atoms with Crippen molar-refractivity contribution in [2.75, 3.05) is 11.5 Å². The number of aryl methyl sites for hydroxylation is 1. The van der Waals surface area contributed by atoms with Gasteiger partial charge in [0.2, 0.25) is 11.8 Å². The fourth-order valence-corrected chi connectivity index (χ4v) is 7.34. The Balaban J connectivity index is 1.64. The van der Waals surface area contributed by atoms with Gasteiger partial charge in [-0.3, -0.25) is 23.7 Å². The van der Waals surface area contributed by atoms with E-state index in [4.69, 9.17) is 4.74 Å². The molecule has 2 aliphatic rings. The molecule has 2 aromatic carbocycles. The van der Waals surface area contributed by atoms with Crippen LogP contribution in [-0.2, 0) is 25.7 Å². The van der Waals surface area contributed by atoms with Gasteiger partial charge in [-0.25, -0.2) is 9.29 Å². The number of ether oxygens (including phenoxy) is 1. The van der Waals surface area contributed by atoms with Crippen molar-refractivity contribution in [3.05, 3.63) is 80.0 Å². The van der Waals surface area contributed by atoms with Crippen LogP contribution in [0.4, 0.5) is 10.1 Å². The van der Waals surface area contributed by atoms with Crippen molar-refractivity contribution >= 4 is 46.6 Å². The number of thioether (sulfide) groups is 1. The lowest BCUT2D eigenvalue weighted by Gasteiger charge is -2.30. The maximum absolute atomic E-state index is 13.7. The molecule has 1 aromatic heterocycles. The first-order valence-corrected chi connectivity index (χ1v) is 12.8. The highest BCUT2D eigenvalue weighted by molar-refractivity contribution is 8.00. The summed E-state index contributed by atoms with van der Waals surface area (Å²) in [6.45, 7) is 3.48. The van der Waals surface area contributed by atoms with Crippen LogP contribution in [0, 0.1) is 18.7 Å². The van der Waals surface area contributed by atoms with Crippen molar-refractivity contribution in [3.8, 4) is 0 Å². The number of carbonyl (C=O) groups excluding carboxylic acids is 3. The summed E-state index contributed by atoms with van der Waals surface area (Å²) >= 11 is 2.07. The third kappa shape index (κ3) is 4.00. The molecule has 1 fully saturated rings. The number of amides is 2. The molecule has 10 heteroatoms. The zero-order valence-electron chi connectivity index (χ0n) is 18.9. The normalized spacial score (nSPS) is 21.1. The van der Waals surface area contributed by atoms with Crippen molar-refractivity contribution in [1.82, 2.24) is 4.57 Å². The van der Waals surface area contributed by atoms with Crippen LogP contribution in [0.3, 0.4) is 0 Å². The number of imide groups is 1. The van der Waals surface area contributed by atoms with Crippen molar-refractivity contribution in [3.63, 3.8) is 0 Å². The molecule has 180 valence electrons. The minimum atomic E-state index is -0.797. The van der Waals surface area contributed by atoms with Crippen molar-refractivity contribution < 1.29 is 23.5 Å². The second-order valence-electron chi connectivity index (χ2n) is 8.37. The maximum atomic E-state index is 13.7. The van der Waals surface area contributed by atoms with Gasteiger partial charge in [-0.2, -0.15) is 0 Å². The molecular weight excluding hydrogens is 491 g/mol. The molecule has 0 N–H and O–H groups in total. The molecule has 2 unspecified atom stereocenters. The molecule has 0 spiro atoms. The first-order chi connectivity index (χ1) is 16.8. The van der Waals surface area contributed by atoms with Gasteiger partial charge in [0.25, 0.3) is 0 Å². The van der Waals surface area contributed by atoms with Crippen molar-refractivity contribution in [2.24, 2.45) is 5.92 Å². The first kappa shape index (κ1) is 23.5. The first-order valence-electron chi connectivity index (χ1n) is 11.1. The Morgan fingerprint density at radius 1 is 1.03 bits per heavy atom. The Hall–Kier alpha value is -3.24. The molecule has 0 radical (unpaired) electrons. The fraction of sp³-hybridized carbons (Fsp3) is 0.280. The maximum Gasteiger partial charge on any atom is 0.326 e. The average Bonchev–Trinajstić information content (AvgIpc) is 3.27. The number of benzene rings is 2. The Kier molecular flexibility index (Phi) is 6.10. The lowest BCUT2D eigenvalue weighted by Crippen LogP contribution is -2.32. The van der Waals surface area contributed by atoms with Gasteiger partial charge in [0.05, 0.1) is 23.2 Å². The van der Waals surface area contributed by atoms with Crippen LogP contribution in [0.1, 0.15) is 28.8 Å². The highest BCUT2D eigenvalue weighted by atomic mass is 32.2. The van der Waals surface area contributed by atoms with Crippen LogP contribution in [0.25, 0.3) is 0 Å². The topological polar surface area (TPSA) is 85.7 Å². The third-order valence-corrected chi connectivity index (χ3v) is 8.77. The largest absolute Gasteiger partial charge is 0.465 e. The number of nitrogens with zero attached hydrogens (tertiary/aromatic N) is 2. The molecule has 3 heterocycles. The minimum Gasteiger partial charge on any atom is -0.465 e. The van der Waals surface area contributed by atoms with Crippen LogP contribution in [0.5, 0.6) is 0 Å². The van der Waals surface area contributed by atoms with E-state index in [9.17, 15) is 23.6 Å². The second-order valence-corrected chi connectivity index (χ2v) is 10.5. The van der Waals surface area contributed by atoms with E-state index in [-0.39, 0.29) is 29.8 Å². The molecule has 7 nitrogen and oxygen atoms in total. The molecule has 3 atom stereocenters. The van der Waals surface area contributed by atoms with Gasteiger partial charge >= 0.3 is 10.8 Å². The van der Waals surface area contributed by atoms with E-state index in [1.54, 1.807) is 31.2 Å². The van der Waals surface area contributed by atoms with Crippen LogP contribution in [0.15, 0.2) is 58.4 Å². The van der Waals surface area contributed by atoms with E-state index < -0.39 is 28.9 Å². The summed E-state index contributed by atoms with van der Waals surface area (Å²) in [5, 5.41) is -0.329. The Morgan fingerprint density at radius 3 is 2.37 bits per heavy atom. The van der Waals surface area contributed by atoms with Gasteiger partial charge in [0, 0.05) is 10.8 Å². The van der Waals surface area contributed by atoms with Gasteiger partial charge < -0.3 is 4.74 Å². The van der Waals surface area contributed by atoms with E-state index in [1.807, 2.05) is 19.1 Å². The van der Waals surface area contributed by atoms with Gasteiger partial charge in [0.15, 0.2) is 0 Å². The molecule has 5 rings (SSSR count). The number of hydrogen-bond acceptors (Lipinski definition) is 7. The molecule has 35 heavy (non-hydrogen) atoms. The van der Waals surface area contributed by atoms with Gasteiger partial charge in [-0.15, -0.1) is 0 Å². The summed E-state index contributed by atoms with van der Waals surface area (Å²) in [6.07, 6.45) is 0. The van der Waals surface area contributed by atoms with E-state index >= 15 is 0 Å². The highest BCUT2D eigenvalue weighted by Gasteiger charge is 2.56. The number of hydrogen-bond donors (Lipinski definition) is 0. The molecular formula is C25H21FN2O5S2. The SMILES string of the molecule is CCOC(=O)Cn1c2c(sc1=O)[C@H](c1ccc(F)cc1)C1C(=O)N(c3ccc(C)cc3)C(=O)C1S2. The van der Waals surface area contributed by atoms with Gasteiger partial charge in [-0.05, 0) is 43.7 Å². The summed E-state index contributed by atoms with van der Waals surface area (Å²) in [5.41, 5.74) is 2.10. The minimum absolute atomic E-state index is 0.175. The van der Waals surface area contributed by atoms with E-state index in [1.165, 1.54) is 21.6 Å². The van der Waals surface area contributed by atoms with Crippen molar-refractivity contribution in [2.45, 2.75) is 36.6 Å². The summed E-state index contributed by atoms with van der Waals surface area (Å²) in [4.78, 5) is 53.8. The number of thiazole rings is 1. The molecule has 0 bridgehead atoms. The summed E-state index contributed by atoms with van der Waals surface area (Å²) in [5.74, 6) is -3.15. The standard InChI is InChI=1S/C25H21FN2O5S2/c1-3-33-17(29)12-27-24-21(35-25(27)32)18(14-6-8-15(26)9-7-14)19-20(34-24)23(31)28(22(19)30)16-10-4-13(2)5-11-16/h4-11,18-20H,3,12H2,1-2H3/t18-,19?,20?/m1/s1. The number of aromatic nitrogens is 1. The summed E-state index contributed by atoms with van der Waals surface area (Å²) in [7, 11) is 0. The number of carbonyl (C=O) groups is 3. The highest BCUT2D eigenvalue weighted by Crippen LogP contribution is 2.53. The molecule has 2 amide bonds. The smallest absolute Gasteiger partial charge is 0.326 e. The lowest BCUT2D eigenvalue weighted by molar-refractivity contribution is -0.144.